The second kappa shape index (κ2) is 5.79. The lowest BCUT2D eigenvalue weighted by Crippen LogP contribution is -2.34. The van der Waals surface area contributed by atoms with Crippen molar-refractivity contribution in [2.45, 2.75) is 26.4 Å². The average molecular weight is 299 g/mol. The molecule has 0 aromatic heterocycles. The van der Waals surface area contributed by atoms with E-state index in [0.29, 0.717) is 24.3 Å². The Kier molecular flexibility index (Phi) is 3.84. The summed E-state index contributed by atoms with van der Waals surface area (Å²) in [5.41, 5.74) is 3.61. The molecule has 22 heavy (non-hydrogen) atoms. The van der Waals surface area contributed by atoms with Gasteiger partial charge in [-0.3, -0.25) is 4.79 Å². The number of hydrogen-bond acceptors (Lipinski definition) is 2. The van der Waals surface area contributed by atoms with E-state index >= 15 is 0 Å². The molecule has 3 rings (SSSR count). The zero-order valence-corrected chi connectivity index (χ0v) is 12.7. The highest BCUT2D eigenvalue weighted by molar-refractivity contribution is 5.95. The molecule has 1 aliphatic heterocycles. The highest BCUT2D eigenvalue weighted by Crippen LogP contribution is 2.28. The number of halogens is 1. The van der Waals surface area contributed by atoms with Gasteiger partial charge in [-0.05, 0) is 43.7 Å². The molecule has 0 saturated heterocycles. The molecular formula is C18H18FNO2. The molecule has 2 aromatic rings. The van der Waals surface area contributed by atoms with Crippen molar-refractivity contribution in [2.24, 2.45) is 0 Å². The molecule has 1 heterocycles. The molecule has 1 amide bonds. The smallest absolute Gasteiger partial charge is 0.251 e. The first-order valence-electron chi connectivity index (χ1n) is 7.33. The molecule has 0 unspecified atom stereocenters. The molecule has 0 spiro atoms. The quantitative estimate of drug-likeness (QED) is 0.945. The molecule has 114 valence electrons. The largest absolute Gasteiger partial charge is 0.488 e. The van der Waals surface area contributed by atoms with Gasteiger partial charge in [-0.2, -0.15) is 0 Å². The van der Waals surface area contributed by atoms with E-state index in [1.54, 1.807) is 6.07 Å². The molecule has 1 atom stereocenters. The third kappa shape index (κ3) is 2.96. The number of nitrogens with one attached hydrogen (secondary N) is 1. The summed E-state index contributed by atoms with van der Waals surface area (Å²) >= 11 is 0. The minimum Gasteiger partial charge on any atom is -0.488 e. The van der Waals surface area contributed by atoms with Crippen molar-refractivity contribution in [3.63, 3.8) is 0 Å². The number of fused-ring (bicyclic) bond motifs is 1. The lowest BCUT2D eigenvalue weighted by molar-refractivity contribution is 0.0933. The summed E-state index contributed by atoms with van der Waals surface area (Å²) in [6.07, 6.45) is 0.465. The van der Waals surface area contributed by atoms with Crippen LogP contribution in [0.25, 0.3) is 0 Å². The van der Waals surface area contributed by atoms with E-state index in [-0.39, 0.29) is 17.8 Å². The normalized spacial score (nSPS) is 16.0. The maximum Gasteiger partial charge on any atom is 0.251 e. The number of amides is 1. The average Bonchev–Trinajstić information content (AvgIpc) is 2.86. The first kappa shape index (κ1) is 14.6. The third-order valence-corrected chi connectivity index (χ3v) is 3.88. The number of aryl methyl sites for hydroxylation is 2. The van der Waals surface area contributed by atoms with Crippen LogP contribution in [-0.2, 0) is 6.42 Å². The molecule has 3 nitrogen and oxygen atoms in total. The summed E-state index contributed by atoms with van der Waals surface area (Å²) in [5.74, 6) is 0.331. The van der Waals surface area contributed by atoms with Crippen molar-refractivity contribution >= 4 is 5.91 Å². The molecule has 0 bridgehead atoms. The fourth-order valence-electron chi connectivity index (χ4n) is 2.77. The molecule has 0 saturated carbocycles. The highest BCUT2D eigenvalue weighted by atomic mass is 19.1. The minimum atomic E-state index is -0.262. The standard InChI is InChI=1S/C18H18FNO2/c1-11-3-5-16(12(2)7-11)18(21)20-10-15-9-13-8-14(19)4-6-17(13)22-15/h3-8,15H,9-10H2,1-2H3,(H,20,21)/t15-/m0/s1. The zero-order chi connectivity index (χ0) is 15.7. The number of carbonyl (C=O) groups is 1. The molecule has 0 aliphatic carbocycles. The van der Waals surface area contributed by atoms with Crippen LogP contribution in [-0.4, -0.2) is 18.6 Å². The summed E-state index contributed by atoms with van der Waals surface area (Å²) in [7, 11) is 0. The van der Waals surface area contributed by atoms with Gasteiger partial charge in [0.1, 0.15) is 17.7 Å². The van der Waals surface area contributed by atoms with Crippen molar-refractivity contribution in [1.29, 1.82) is 0 Å². The second-order valence-corrected chi connectivity index (χ2v) is 5.72. The van der Waals surface area contributed by atoms with Gasteiger partial charge in [0.15, 0.2) is 0 Å². The summed E-state index contributed by atoms with van der Waals surface area (Å²) in [4.78, 5) is 12.2. The number of ether oxygens (including phenoxy) is 1. The fraction of sp³-hybridized carbons (Fsp3) is 0.278. The van der Waals surface area contributed by atoms with E-state index in [4.69, 9.17) is 4.74 Å². The Labute approximate surface area is 129 Å². The zero-order valence-electron chi connectivity index (χ0n) is 12.7. The van der Waals surface area contributed by atoms with Crippen LogP contribution in [0.15, 0.2) is 36.4 Å². The van der Waals surface area contributed by atoms with Gasteiger partial charge in [0, 0.05) is 17.5 Å². The fourth-order valence-corrected chi connectivity index (χ4v) is 2.77. The van der Waals surface area contributed by atoms with Crippen LogP contribution < -0.4 is 10.1 Å². The number of hydrogen-bond donors (Lipinski definition) is 1. The summed E-state index contributed by atoms with van der Waals surface area (Å²) in [6.45, 7) is 4.33. The summed E-state index contributed by atoms with van der Waals surface area (Å²) in [6, 6.07) is 10.2. The van der Waals surface area contributed by atoms with Crippen LogP contribution in [0.3, 0.4) is 0 Å². The van der Waals surface area contributed by atoms with Gasteiger partial charge in [-0.15, -0.1) is 0 Å². The molecule has 0 fully saturated rings. The van der Waals surface area contributed by atoms with Gasteiger partial charge in [0.2, 0.25) is 0 Å². The molecule has 2 aromatic carbocycles. The predicted octanol–water partition coefficient (Wildman–Crippen LogP) is 3.18. The Morgan fingerprint density at radius 1 is 1.27 bits per heavy atom. The second-order valence-electron chi connectivity index (χ2n) is 5.72. The maximum atomic E-state index is 13.2. The Bertz CT molecular complexity index is 727. The Morgan fingerprint density at radius 3 is 2.86 bits per heavy atom. The maximum absolute atomic E-state index is 13.2. The third-order valence-electron chi connectivity index (χ3n) is 3.88. The van der Waals surface area contributed by atoms with Crippen LogP contribution in [0.2, 0.25) is 0 Å². The Hall–Kier alpha value is -2.36. The summed E-state index contributed by atoms with van der Waals surface area (Å²) in [5, 5.41) is 2.89. The molecule has 0 radical (unpaired) electrons. The number of benzene rings is 2. The van der Waals surface area contributed by atoms with Gasteiger partial charge in [-0.25, -0.2) is 4.39 Å². The molecular weight excluding hydrogens is 281 g/mol. The monoisotopic (exact) mass is 299 g/mol. The van der Waals surface area contributed by atoms with Crippen LogP contribution in [0, 0.1) is 19.7 Å². The van der Waals surface area contributed by atoms with Gasteiger partial charge in [0.25, 0.3) is 5.91 Å². The van der Waals surface area contributed by atoms with Gasteiger partial charge in [-0.1, -0.05) is 17.7 Å². The minimum absolute atomic E-state index is 0.108. The molecule has 1 N–H and O–H groups in total. The predicted molar refractivity (Wildman–Crippen MR) is 82.8 cm³/mol. The van der Waals surface area contributed by atoms with E-state index in [1.165, 1.54) is 12.1 Å². The van der Waals surface area contributed by atoms with E-state index in [2.05, 4.69) is 5.32 Å². The molecule has 1 aliphatic rings. The number of rotatable bonds is 3. The van der Waals surface area contributed by atoms with Crippen LogP contribution >= 0.6 is 0 Å². The van der Waals surface area contributed by atoms with Gasteiger partial charge >= 0.3 is 0 Å². The van der Waals surface area contributed by atoms with Crippen molar-refractivity contribution < 1.29 is 13.9 Å². The highest BCUT2D eigenvalue weighted by Gasteiger charge is 2.24. The van der Waals surface area contributed by atoms with E-state index in [1.807, 2.05) is 32.0 Å². The van der Waals surface area contributed by atoms with Crippen LogP contribution in [0.4, 0.5) is 4.39 Å². The van der Waals surface area contributed by atoms with Crippen molar-refractivity contribution in [3.05, 3.63) is 64.5 Å². The first-order valence-corrected chi connectivity index (χ1v) is 7.33. The van der Waals surface area contributed by atoms with Crippen molar-refractivity contribution in [2.75, 3.05) is 6.54 Å². The first-order chi connectivity index (χ1) is 10.5. The lowest BCUT2D eigenvalue weighted by Gasteiger charge is -2.13. The van der Waals surface area contributed by atoms with Gasteiger partial charge < -0.3 is 10.1 Å². The van der Waals surface area contributed by atoms with E-state index in [9.17, 15) is 9.18 Å². The van der Waals surface area contributed by atoms with Crippen LogP contribution in [0.5, 0.6) is 5.75 Å². The van der Waals surface area contributed by atoms with Gasteiger partial charge in [0.05, 0.1) is 6.54 Å². The van der Waals surface area contributed by atoms with Crippen molar-refractivity contribution in [3.8, 4) is 5.75 Å². The van der Waals surface area contributed by atoms with Crippen molar-refractivity contribution in [1.82, 2.24) is 5.32 Å². The lowest BCUT2D eigenvalue weighted by atomic mass is 10.0. The summed E-state index contributed by atoms with van der Waals surface area (Å²) < 4.78 is 18.9. The van der Waals surface area contributed by atoms with E-state index < -0.39 is 0 Å². The topological polar surface area (TPSA) is 38.3 Å². The Morgan fingerprint density at radius 2 is 2.09 bits per heavy atom. The van der Waals surface area contributed by atoms with E-state index in [0.717, 1.165) is 16.7 Å². The SMILES string of the molecule is Cc1ccc(C(=O)NC[C@@H]2Cc3cc(F)ccc3O2)c(C)c1. The molecule has 4 heteroatoms. The number of carbonyl (C=O) groups excluding carboxylic acids is 1. The Balaban J connectivity index is 1.61. The van der Waals surface area contributed by atoms with Crippen LogP contribution in [0.1, 0.15) is 27.0 Å².